The number of hydrogen-bond donors (Lipinski definition) is 0. The van der Waals surface area contributed by atoms with Crippen molar-refractivity contribution in [1.29, 1.82) is 0 Å². The van der Waals surface area contributed by atoms with E-state index in [9.17, 15) is 4.79 Å². The number of epoxide rings is 1. The molecule has 4 heteroatoms. The molecular formula is C13H16O4. The van der Waals surface area contributed by atoms with Crippen LogP contribution < -0.4 is 9.47 Å². The first kappa shape index (κ1) is 11.9. The van der Waals surface area contributed by atoms with Gasteiger partial charge in [-0.05, 0) is 17.7 Å². The molecule has 1 aromatic rings. The molecule has 1 fully saturated rings. The third kappa shape index (κ3) is 3.20. The van der Waals surface area contributed by atoms with Crippen molar-refractivity contribution in [3.05, 3.63) is 23.8 Å². The number of rotatable bonds is 5. The number of carbonyl (C=O) groups excluding carboxylic acids is 1. The molecule has 17 heavy (non-hydrogen) atoms. The molecule has 0 aromatic heterocycles. The summed E-state index contributed by atoms with van der Waals surface area (Å²) in [5.74, 6) is 0.798. The van der Waals surface area contributed by atoms with Gasteiger partial charge in [0.05, 0.1) is 19.8 Å². The Morgan fingerprint density at radius 1 is 1.47 bits per heavy atom. The number of ether oxygens (including phenoxy) is 3. The second-order valence-corrected chi connectivity index (χ2v) is 3.97. The average molecular weight is 236 g/mol. The molecule has 0 N–H and O–H groups in total. The van der Waals surface area contributed by atoms with Gasteiger partial charge in [-0.2, -0.15) is 0 Å². The highest BCUT2D eigenvalue weighted by Crippen LogP contribution is 2.30. The highest BCUT2D eigenvalue weighted by Gasteiger charge is 2.23. The Balaban J connectivity index is 2.12. The van der Waals surface area contributed by atoms with Crippen molar-refractivity contribution >= 4 is 5.97 Å². The van der Waals surface area contributed by atoms with Gasteiger partial charge in [-0.3, -0.25) is 4.79 Å². The molecule has 0 saturated carbocycles. The molecule has 0 amide bonds. The van der Waals surface area contributed by atoms with Crippen molar-refractivity contribution in [2.24, 2.45) is 0 Å². The van der Waals surface area contributed by atoms with E-state index in [4.69, 9.17) is 14.2 Å². The zero-order valence-corrected chi connectivity index (χ0v) is 10.1. The topological polar surface area (TPSA) is 48.1 Å². The average Bonchev–Trinajstić information content (AvgIpc) is 3.14. The van der Waals surface area contributed by atoms with Crippen molar-refractivity contribution in [2.45, 2.75) is 25.9 Å². The summed E-state index contributed by atoms with van der Waals surface area (Å²) in [4.78, 5) is 11.2. The summed E-state index contributed by atoms with van der Waals surface area (Å²) in [6, 6.07) is 5.59. The van der Waals surface area contributed by atoms with Gasteiger partial charge in [0.2, 0.25) is 0 Å². The quantitative estimate of drug-likeness (QED) is 0.445. The summed E-state index contributed by atoms with van der Waals surface area (Å²) >= 11 is 0. The van der Waals surface area contributed by atoms with Gasteiger partial charge in [0.25, 0.3) is 0 Å². The van der Waals surface area contributed by atoms with Gasteiger partial charge in [-0.15, -0.1) is 0 Å². The van der Waals surface area contributed by atoms with Crippen LogP contribution in [0.2, 0.25) is 0 Å². The molecule has 4 nitrogen and oxygen atoms in total. The number of benzene rings is 1. The smallest absolute Gasteiger partial charge is 0.311 e. The lowest BCUT2D eigenvalue weighted by Gasteiger charge is -2.10. The minimum atomic E-state index is -0.262. The molecule has 0 aliphatic carbocycles. The van der Waals surface area contributed by atoms with Gasteiger partial charge in [0.15, 0.2) is 11.5 Å². The number of esters is 1. The van der Waals surface area contributed by atoms with Crippen LogP contribution in [0.25, 0.3) is 0 Å². The van der Waals surface area contributed by atoms with Crippen molar-refractivity contribution in [3.63, 3.8) is 0 Å². The molecule has 92 valence electrons. The van der Waals surface area contributed by atoms with Crippen molar-refractivity contribution in [1.82, 2.24) is 0 Å². The summed E-state index contributed by atoms with van der Waals surface area (Å²) in [7, 11) is 1.57. The zero-order valence-electron chi connectivity index (χ0n) is 10.1. The molecule has 1 unspecified atom stereocenters. The number of hydrogen-bond acceptors (Lipinski definition) is 4. The largest absolute Gasteiger partial charge is 0.493 e. The van der Waals surface area contributed by atoms with Crippen LogP contribution in [-0.4, -0.2) is 25.8 Å². The first-order valence-electron chi connectivity index (χ1n) is 5.72. The third-order valence-electron chi connectivity index (χ3n) is 2.61. The lowest BCUT2D eigenvalue weighted by molar-refractivity contribution is -0.134. The summed E-state index contributed by atoms with van der Waals surface area (Å²) in [6.45, 7) is 2.59. The van der Waals surface area contributed by atoms with Crippen LogP contribution in [0.15, 0.2) is 18.2 Å². The van der Waals surface area contributed by atoms with E-state index in [1.807, 2.05) is 12.1 Å². The predicted molar refractivity (Wildman–Crippen MR) is 62.4 cm³/mol. The van der Waals surface area contributed by atoms with Crippen molar-refractivity contribution in [2.75, 3.05) is 13.7 Å². The lowest BCUT2D eigenvalue weighted by Crippen LogP contribution is -2.07. The Hall–Kier alpha value is -1.55. The molecule has 1 saturated heterocycles. The van der Waals surface area contributed by atoms with Crippen LogP contribution in [-0.2, 0) is 16.0 Å². The fraction of sp³-hybridized carbons (Fsp3) is 0.462. The van der Waals surface area contributed by atoms with E-state index in [2.05, 4.69) is 0 Å². The van der Waals surface area contributed by atoms with E-state index in [1.54, 1.807) is 20.1 Å². The first-order valence-corrected chi connectivity index (χ1v) is 5.72. The minimum Gasteiger partial charge on any atom is -0.493 e. The maximum atomic E-state index is 11.2. The normalized spacial score (nSPS) is 17.6. The summed E-state index contributed by atoms with van der Waals surface area (Å²) in [6.07, 6.45) is 1.56. The van der Waals surface area contributed by atoms with Gasteiger partial charge >= 0.3 is 5.97 Å². The number of methoxy groups -OCH3 is 1. The van der Waals surface area contributed by atoms with E-state index in [1.165, 1.54) is 0 Å². The van der Waals surface area contributed by atoms with Gasteiger partial charge in [0.1, 0.15) is 0 Å². The summed E-state index contributed by atoms with van der Waals surface area (Å²) in [5, 5.41) is 0. The highest BCUT2D eigenvalue weighted by atomic mass is 16.6. The van der Waals surface area contributed by atoms with Gasteiger partial charge in [-0.25, -0.2) is 0 Å². The maximum Gasteiger partial charge on any atom is 0.311 e. The second-order valence-electron chi connectivity index (χ2n) is 3.97. The molecule has 0 radical (unpaired) electrons. The molecule has 1 aliphatic rings. The van der Waals surface area contributed by atoms with Crippen LogP contribution >= 0.6 is 0 Å². The van der Waals surface area contributed by atoms with Crippen molar-refractivity contribution < 1.29 is 19.0 Å². The Morgan fingerprint density at radius 3 is 2.82 bits per heavy atom. The van der Waals surface area contributed by atoms with Crippen LogP contribution in [0.3, 0.4) is 0 Å². The Bertz CT molecular complexity index is 410. The fourth-order valence-electron chi connectivity index (χ4n) is 1.57. The van der Waals surface area contributed by atoms with Crippen LogP contribution in [0.5, 0.6) is 11.5 Å². The Kier molecular flexibility index (Phi) is 3.64. The number of carbonyl (C=O) groups is 1. The van der Waals surface area contributed by atoms with E-state index in [-0.39, 0.29) is 5.97 Å². The molecule has 0 bridgehead atoms. The molecule has 2 rings (SSSR count). The van der Waals surface area contributed by atoms with Crippen LogP contribution in [0, 0.1) is 0 Å². The van der Waals surface area contributed by atoms with E-state index < -0.39 is 0 Å². The molecule has 1 aliphatic heterocycles. The molecular weight excluding hydrogens is 220 g/mol. The second kappa shape index (κ2) is 5.19. The van der Waals surface area contributed by atoms with E-state index in [0.29, 0.717) is 24.0 Å². The van der Waals surface area contributed by atoms with E-state index in [0.717, 1.165) is 18.6 Å². The van der Waals surface area contributed by atoms with E-state index >= 15 is 0 Å². The molecule has 1 atom stereocenters. The maximum absolute atomic E-state index is 11.2. The summed E-state index contributed by atoms with van der Waals surface area (Å²) < 4.78 is 15.6. The Morgan fingerprint density at radius 2 is 2.24 bits per heavy atom. The zero-order chi connectivity index (χ0) is 12.3. The minimum absolute atomic E-state index is 0.262. The van der Waals surface area contributed by atoms with Crippen molar-refractivity contribution in [3.8, 4) is 11.5 Å². The van der Waals surface area contributed by atoms with Gasteiger partial charge in [0, 0.05) is 12.8 Å². The third-order valence-corrected chi connectivity index (χ3v) is 2.61. The predicted octanol–water partition coefficient (Wildman–Crippen LogP) is 1.95. The highest BCUT2D eigenvalue weighted by molar-refractivity contribution is 5.72. The van der Waals surface area contributed by atoms with Gasteiger partial charge in [-0.1, -0.05) is 13.0 Å². The molecule has 1 aromatic carbocycles. The summed E-state index contributed by atoms with van der Waals surface area (Å²) in [5.41, 5.74) is 1.13. The lowest BCUT2D eigenvalue weighted by atomic mass is 10.1. The molecule has 0 spiro atoms. The van der Waals surface area contributed by atoms with Crippen LogP contribution in [0.4, 0.5) is 0 Å². The molecule has 1 heterocycles. The van der Waals surface area contributed by atoms with Gasteiger partial charge < -0.3 is 14.2 Å². The standard InChI is InChI=1S/C13H16O4/c1-3-13(14)17-11-5-4-9(6-10-8-16-10)7-12(11)15-2/h4-5,7,10H,3,6,8H2,1-2H3. The fourth-order valence-corrected chi connectivity index (χ4v) is 1.57. The Labute approximate surface area is 100 Å². The first-order chi connectivity index (χ1) is 8.22. The van der Waals surface area contributed by atoms with Crippen LogP contribution in [0.1, 0.15) is 18.9 Å². The SMILES string of the molecule is CCC(=O)Oc1ccc(CC2CO2)cc1OC. The monoisotopic (exact) mass is 236 g/mol.